The maximum Gasteiger partial charge on any atom is 0.164 e. The van der Waals surface area contributed by atoms with Gasteiger partial charge in [-0.1, -0.05) is 178 Å². The third-order valence-electron chi connectivity index (χ3n) is 13.4. The van der Waals surface area contributed by atoms with Crippen LogP contribution in [0.15, 0.2) is 209 Å². The lowest BCUT2D eigenvalue weighted by molar-refractivity contribution is 0.662. The van der Waals surface area contributed by atoms with Gasteiger partial charge in [0.2, 0.25) is 0 Å². The summed E-state index contributed by atoms with van der Waals surface area (Å²) in [7, 11) is 0. The van der Waals surface area contributed by atoms with Crippen molar-refractivity contribution in [3.63, 3.8) is 0 Å². The Balaban J connectivity index is 0.925. The zero-order chi connectivity index (χ0) is 43.2. The number of benzene rings is 9. The number of para-hydroxylation sites is 1. The highest BCUT2D eigenvalue weighted by molar-refractivity contribution is 6.13. The summed E-state index contributed by atoms with van der Waals surface area (Å²) in [5, 5.41) is 4.08. The lowest BCUT2D eigenvalue weighted by Crippen LogP contribution is -2.16. The quantitative estimate of drug-likeness (QED) is 0.167. The smallest absolute Gasteiger partial charge is 0.164 e. The van der Waals surface area contributed by atoms with Crippen LogP contribution in [-0.4, -0.2) is 15.0 Å². The van der Waals surface area contributed by atoms with Crippen LogP contribution in [0.5, 0.6) is 0 Å². The van der Waals surface area contributed by atoms with Crippen molar-refractivity contribution >= 4 is 43.9 Å². The highest BCUT2D eigenvalue weighted by Crippen LogP contribution is 2.52. The first kappa shape index (κ1) is 37.2. The molecular weight excluding hydrogens is 795 g/mol. The van der Waals surface area contributed by atoms with E-state index in [0.717, 1.165) is 82.8 Å². The minimum Gasteiger partial charge on any atom is -0.456 e. The molecule has 0 spiro atoms. The van der Waals surface area contributed by atoms with Gasteiger partial charge in [-0.05, 0) is 92.0 Å². The average molecular weight is 834 g/mol. The van der Waals surface area contributed by atoms with Gasteiger partial charge in [0.05, 0.1) is 0 Å². The van der Waals surface area contributed by atoms with E-state index in [1.54, 1.807) is 0 Å². The van der Waals surface area contributed by atoms with E-state index in [9.17, 15) is 0 Å². The standard InChI is InChI=1S/C60H39N3O2/c1-60(2)50-19-8-6-14-44(50)47-17-10-16-43(56(47)60)39-26-22-38(23-27-39)41-31-33-52-49(34-41)55-48(18-11-21-53(55)64-52)59-62-57(40-28-24-37(25-29-40)36-12-4-3-5-13-36)61-58(63-59)42-30-32-46-45-15-7-9-20-51(45)65-54(46)35-42/h3-35H,1-2H3. The van der Waals surface area contributed by atoms with Crippen LogP contribution in [0, 0.1) is 0 Å². The Labute approximate surface area is 375 Å². The van der Waals surface area contributed by atoms with Crippen molar-refractivity contribution in [1.82, 2.24) is 15.0 Å². The van der Waals surface area contributed by atoms with E-state index in [2.05, 4.69) is 172 Å². The van der Waals surface area contributed by atoms with Crippen LogP contribution < -0.4 is 0 Å². The van der Waals surface area contributed by atoms with Crippen LogP contribution in [0.25, 0.3) is 123 Å². The summed E-state index contributed by atoms with van der Waals surface area (Å²) in [6.45, 7) is 4.69. The van der Waals surface area contributed by atoms with E-state index in [1.165, 1.54) is 33.4 Å². The SMILES string of the molecule is CC1(C)c2ccccc2-c2cccc(-c3ccc(-c4ccc5oc6cccc(-c7nc(-c8ccc(-c9ccccc9)cc8)nc(-c8ccc9c(c8)oc8ccccc89)n7)c6c5c4)cc3)c21. The number of fused-ring (bicyclic) bond motifs is 9. The maximum absolute atomic E-state index is 6.55. The van der Waals surface area contributed by atoms with Gasteiger partial charge in [-0.25, -0.2) is 15.0 Å². The van der Waals surface area contributed by atoms with Crippen molar-refractivity contribution in [2.75, 3.05) is 0 Å². The predicted molar refractivity (Wildman–Crippen MR) is 265 cm³/mol. The third kappa shape index (κ3) is 5.97. The Kier molecular flexibility index (Phi) is 8.18. The molecule has 0 radical (unpaired) electrons. The van der Waals surface area contributed by atoms with E-state index in [1.807, 2.05) is 42.5 Å². The first-order valence-corrected chi connectivity index (χ1v) is 22.1. The Bertz CT molecular complexity index is 3840. The van der Waals surface area contributed by atoms with Crippen LogP contribution in [0.3, 0.4) is 0 Å². The Hall–Kier alpha value is -8.41. The van der Waals surface area contributed by atoms with Crippen molar-refractivity contribution in [2.24, 2.45) is 0 Å². The molecule has 0 aliphatic heterocycles. The van der Waals surface area contributed by atoms with E-state index in [4.69, 9.17) is 23.8 Å². The van der Waals surface area contributed by atoms with Gasteiger partial charge >= 0.3 is 0 Å². The normalized spacial score (nSPS) is 12.9. The second kappa shape index (κ2) is 14.3. The molecule has 0 saturated carbocycles. The number of furan rings is 2. The Morgan fingerprint density at radius 2 is 0.862 bits per heavy atom. The molecule has 13 rings (SSSR count). The van der Waals surface area contributed by atoms with Crippen LogP contribution in [0.4, 0.5) is 0 Å². The molecule has 0 amide bonds. The Morgan fingerprint density at radius 1 is 0.323 bits per heavy atom. The fourth-order valence-corrected chi connectivity index (χ4v) is 10.2. The molecule has 65 heavy (non-hydrogen) atoms. The highest BCUT2D eigenvalue weighted by Gasteiger charge is 2.37. The molecule has 0 atom stereocenters. The highest BCUT2D eigenvalue weighted by atomic mass is 16.3. The summed E-state index contributed by atoms with van der Waals surface area (Å²) < 4.78 is 12.9. The number of rotatable bonds is 6. The van der Waals surface area contributed by atoms with Crippen LogP contribution in [-0.2, 0) is 5.41 Å². The average Bonchev–Trinajstić information content (AvgIpc) is 4.01. The van der Waals surface area contributed by atoms with Crippen molar-refractivity contribution < 1.29 is 8.83 Å². The van der Waals surface area contributed by atoms with Gasteiger partial charge in [-0.3, -0.25) is 0 Å². The van der Waals surface area contributed by atoms with Gasteiger partial charge < -0.3 is 8.83 Å². The lowest BCUT2D eigenvalue weighted by atomic mass is 9.79. The van der Waals surface area contributed by atoms with Gasteiger partial charge in [0.15, 0.2) is 17.5 Å². The van der Waals surface area contributed by atoms with E-state index >= 15 is 0 Å². The largest absolute Gasteiger partial charge is 0.456 e. The van der Waals surface area contributed by atoms with Gasteiger partial charge in [-0.2, -0.15) is 0 Å². The van der Waals surface area contributed by atoms with Crippen molar-refractivity contribution in [3.8, 4) is 78.7 Å². The fourth-order valence-electron chi connectivity index (χ4n) is 10.2. The molecule has 0 N–H and O–H groups in total. The lowest BCUT2D eigenvalue weighted by Gasteiger charge is -2.24. The number of hydrogen-bond acceptors (Lipinski definition) is 5. The maximum atomic E-state index is 6.55. The number of hydrogen-bond donors (Lipinski definition) is 0. The third-order valence-corrected chi connectivity index (χ3v) is 13.4. The van der Waals surface area contributed by atoms with Crippen LogP contribution in [0.1, 0.15) is 25.0 Å². The van der Waals surface area contributed by atoms with Crippen LogP contribution in [0.2, 0.25) is 0 Å². The van der Waals surface area contributed by atoms with Crippen molar-refractivity contribution in [2.45, 2.75) is 19.3 Å². The molecule has 0 saturated heterocycles. The first-order chi connectivity index (χ1) is 31.9. The molecule has 5 heteroatoms. The summed E-state index contributed by atoms with van der Waals surface area (Å²) in [6, 6.07) is 70.2. The van der Waals surface area contributed by atoms with Gasteiger partial charge in [0.25, 0.3) is 0 Å². The zero-order valence-electron chi connectivity index (χ0n) is 35.7. The summed E-state index contributed by atoms with van der Waals surface area (Å²) in [5.74, 6) is 1.70. The van der Waals surface area contributed by atoms with Crippen molar-refractivity contribution in [3.05, 3.63) is 211 Å². The summed E-state index contributed by atoms with van der Waals surface area (Å²) in [4.78, 5) is 15.6. The van der Waals surface area contributed by atoms with Crippen LogP contribution >= 0.6 is 0 Å². The molecule has 0 unspecified atom stereocenters. The molecule has 1 aliphatic rings. The van der Waals surface area contributed by atoms with Gasteiger partial charge in [-0.15, -0.1) is 0 Å². The Morgan fingerprint density at radius 3 is 1.71 bits per heavy atom. The molecule has 0 fully saturated rings. The molecule has 12 aromatic rings. The molecule has 0 bridgehead atoms. The molecular formula is C60H39N3O2. The molecule has 9 aromatic carbocycles. The molecule has 3 aromatic heterocycles. The van der Waals surface area contributed by atoms with Crippen molar-refractivity contribution in [1.29, 1.82) is 0 Å². The summed E-state index contributed by atoms with van der Waals surface area (Å²) >= 11 is 0. The summed E-state index contributed by atoms with van der Waals surface area (Å²) in [6.07, 6.45) is 0. The summed E-state index contributed by atoms with van der Waals surface area (Å²) in [5.41, 5.74) is 18.1. The monoisotopic (exact) mass is 833 g/mol. The molecule has 1 aliphatic carbocycles. The topological polar surface area (TPSA) is 65.0 Å². The number of nitrogens with zero attached hydrogens (tertiary/aromatic N) is 3. The van der Waals surface area contributed by atoms with Gasteiger partial charge in [0, 0.05) is 43.7 Å². The molecule has 5 nitrogen and oxygen atoms in total. The van der Waals surface area contributed by atoms with E-state index < -0.39 is 0 Å². The van der Waals surface area contributed by atoms with Gasteiger partial charge in [0.1, 0.15) is 22.3 Å². The number of aromatic nitrogens is 3. The molecule has 306 valence electrons. The van der Waals surface area contributed by atoms with E-state index in [-0.39, 0.29) is 5.41 Å². The van der Waals surface area contributed by atoms with E-state index in [0.29, 0.717) is 17.5 Å². The predicted octanol–water partition coefficient (Wildman–Crippen LogP) is 16.0. The fraction of sp³-hybridized carbons (Fsp3) is 0.0500. The molecule has 3 heterocycles. The zero-order valence-corrected chi connectivity index (χ0v) is 35.7. The second-order valence-electron chi connectivity index (χ2n) is 17.5. The second-order valence-corrected chi connectivity index (χ2v) is 17.5. The first-order valence-electron chi connectivity index (χ1n) is 22.1. The minimum atomic E-state index is -0.0958. The minimum absolute atomic E-state index is 0.0958.